The quantitative estimate of drug-likeness (QED) is 0.510. The summed E-state index contributed by atoms with van der Waals surface area (Å²) in [5.41, 5.74) is 0.922. The smallest absolute Gasteiger partial charge is 0.407 e. The van der Waals surface area contributed by atoms with Gasteiger partial charge in [0.05, 0.1) is 13.2 Å². The number of alkyl carbamates (subject to hydrolysis) is 1. The Bertz CT molecular complexity index is 631. The third kappa shape index (κ3) is 9.69. The van der Waals surface area contributed by atoms with Gasteiger partial charge in [-0.1, -0.05) is 33.8 Å². The van der Waals surface area contributed by atoms with Crippen molar-refractivity contribution in [1.29, 1.82) is 0 Å². The lowest BCUT2D eigenvalue weighted by Crippen LogP contribution is -2.35. The van der Waals surface area contributed by atoms with E-state index in [1.807, 2.05) is 27.7 Å². The number of ether oxygens (including phenoxy) is 3. The van der Waals surface area contributed by atoms with Crippen LogP contribution in [0.3, 0.4) is 0 Å². The van der Waals surface area contributed by atoms with Crippen molar-refractivity contribution in [3.63, 3.8) is 0 Å². The van der Waals surface area contributed by atoms with Gasteiger partial charge < -0.3 is 19.5 Å². The van der Waals surface area contributed by atoms with Gasteiger partial charge in [0, 0.05) is 25.5 Å². The van der Waals surface area contributed by atoms with Crippen molar-refractivity contribution in [2.24, 2.45) is 0 Å². The highest BCUT2D eigenvalue weighted by molar-refractivity contribution is 5.67. The molecule has 2 rings (SSSR count). The Morgan fingerprint density at radius 3 is 2.47 bits per heavy atom. The first kappa shape index (κ1) is 26.1. The average molecular weight is 434 g/mol. The molecule has 1 aromatic carbocycles. The molecular weight excluding hydrogens is 399 g/mol. The molecule has 1 N–H and O–H groups in total. The lowest BCUT2D eigenvalue weighted by Gasteiger charge is -2.27. The van der Waals surface area contributed by atoms with E-state index in [9.17, 15) is 18.0 Å². The van der Waals surface area contributed by atoms with Crippen LogP contribution in [0.15, 0.2) is 18.2 Å². The van der Waals surface area contributed by atoms with Gasteiger partial charge in [-0.15, -0.1) is 0 Å². The van der Waals surface area contributed by atoms with Crippen molar-refractivity contribution in [1.82, 2.24) is 5.32 Å². The highest BCUT2D eigenvalue weighted by Crippen LogP contribution is 2.34. The van der Waals surface area contributed by atoms with E-state index >= 15 is 0 Å². The van der Waals surface area contributed by atoms with Crippen LogP contribution >= 0.6 is 0 Å². The molecule has 5 nitrogen and oxygen atoms in total. The summed E-state index contributed by atoms with van der Waals surface area (Å²) in [6.07, 6.45) is -1.25. The van der Waals surface area contributed by atoms with E-state index in [2.05, 4.69) is 5.32 Å². The summed E-state index contributed by atoms with van der Waals surface area (Å²) in [6, 6.07) is 4.47. The number of halogens is 3. The first-order valence-corrected chi connectivity index (χ1v) is 10.6. The topological polar surface area (TPSA) is 56.8 Å². The highest BCUT2D eigenvalue weighted by atomic mass is 19.3. The number of alkyl halides is 2. The fourth-order valence-electron chi connectivity index (χ4n) is 2.97. The third-order valence-corrected chi connectivity index (χ3v) is 4.54. The number of carbonyl (C=O) groups is 1. The molecule has 1 aliphatic rings. The van der Waals surface area contributed by atoms with Gasteiger partial charge >= 0.3 is 6.09 Å². The van der Waals surface area contributed by atoms with Crippen LogP contribution in [0.4, 0.5) is 18.0 Å². The number of hydrogen-bond donors (Lipinski definition) is 1. The molecule has 0 aliphatic heterocycles. The van der Waals surface area contributed by atoms with E-state index in [1.54, 1.807) is 6.07 Å². The van der Waals surface area contributed by atoms with Crippen LogP contribution < -0.4 is 10.1 Å². The van der Waals surface area contributed by atoms with Crippen LogP contribution in [-0.4, -0.2) is 44.5 Å². The van der Waals surface area contributed by atoms with Gasteiger partial charge in [-0.2, -0.15) is 0 Å². The first-order chi connectivity index (χ1) is 14.3. The molecule has 0 unspecified atom stereocenters. The molecule has 1 saturated carbocycles. The molecule has 1 aromatic rings. The van der Waals surface area contributed by atoms with Crippen molar-refractivity contribution < 1.29 is 32.2 Å². The van der Waals surface area contributed by atoms with Crippen molar-refractivity contribution in [2.75, 3.05) is 26.4 Å². The molecule has 0 bridgehead atoms. The number of carbonyl (C=O) groups excluding carboxylic acids is 1. The van der Waals surface area contributed by atoms with Crippen molar-refractivity contribution >= 4 is 6.09 Å². The molecule has 0 saturated heterocycles. The van der Waals surface area contributed by atoms with Gasteiger partial charge in [-0.25, -0.2) is 18.0 Å². The minimum absolute atomic E-state index is 0.173. The molecule has 0 aromatic heterocycles. The Morgan fingerprint density at radius 1 is 1.17 bits per heavy atom. The molecule has 1 aliphatic carbocycles. The number of benzene rings is 1. The van der Waals surface area contributed by atoms with Crippen LogP contribution in [0.1, 0.15) is 64.9 Å². The van der Waals surface area contributed by atoms with E-state index in [1.165, 1.54) is 12.1 Å². The van der Waals surface area contributed by atoms with Crippen LogP contribution in [0.5, 0.6) is 5.75 Å². The van der Waals surface area contributed by atoms with Gasteiger partial charge in [0.2, 0.25) is 5.92 Å². The summed E-state index contributed by atoms with van der Waals surface area (Å²) >= 11 is 0. The summed E-state index contributed by atoms with van der Waals surface area (Å²) in [4.78, 5) is 11.6. The number of hydrogen-bond acceptors (Lipinski definition) is 4. The number of rotatable bonds is 9. The largest absolute Gasteiger partial charge is 0.491 e. The Balaban J connectivity index is 0.00000218. The van der Waals surface area contributed by atoms with E-state index in [-0.39, 0.29) is 63.8 Å². The zero-order valence-corrected chi connectivity index (χ0v) is 18.3. The normalized spacial score (nSPS) is 15.9. The molecular formula is C22H34F3NO4. The number of nitrogens with one attached hydrogen (secondary N) is 1. The average Bonchev–Trinajstić information content (AvgIpc) is 2.70. The predicted molar refractivity (Wildman–Crippen MR) is 110 cm³/mol. The maximum atomic E-state index is 13.4. The molecule has 0 radical (unpaired) electrons. The minimum atomic E-state index is -2.65. The second kappa shape index (κ2) is 13.4. The Morgan fingerprint density at radius 2 is 1.83 bits per heavy atom. The fourth-order valence-corrected chi connectivity index (χ4v) is 2.97. The molecule has 30 heavy (non-hydrogen) atoms. The molecule has 1 amide bonds. The summed E-state index contributed by atoms with van der Waals surface area (Å²) in [5, 5.41) is 2.53. The van der Waals surface area contributed by atoms with Crippen LogP contribution in [0.2, 0.25) is 0 Å². The van der Waals surface area contributed by atoms with E-state index < -0.39 is 18.1 Å². The predicted octanol–water partition coefficient (Wildman–Crippen LogP) is 5.67. The molecule has 0 heterocycles. The molecule has 0 atom stereocenters. The maximum absolute atomic E-state index is 13.4. The zero-order chi connectivity index (χ0) is 22.6. The van der Waals surface area contributed by atoms with Crippen LogP contribution in [-0.2, 0) is 9.47 Å². The monoisotopic (exact) mass is 433 g/mol. The van der Waals surface area contributed by atoms with E-state index in [0.29, 0.717) is 5.75 Å². The standard InChI is InChI=1S/C20H28F3NO4.C2H6/c1-14(2)17-4-3-15(21)13-18(17)27-12-11-26-10-9-24-19(25)28-16-5-7-20(22,23)8-6-16;1-2/h3-4,13-14,16H,5-12H2,1-2H3,(H,24,25);1-2H3. The van der Waals surface area contributed by atoms with Crippen LogP contribution in [0, 0.1) is 5.82 Å². The molecule has 0 spiro atoms. The second-order valence-corrected chi connectivity index (χ2v) is 7.19. The van der Waals surface area contributed by atoms with Crippen molar-refractivity contribution in [2.45, 2.75) is 71.3 Å². The van der Waals surface area contributed by atoms with Crippen molar-refractivity contribution in [3.8, 4) is 5.75 Å². The van der Waals surface area contributed by atoms with Crippen molar-refractivity contribution in [3.05, 3.63) is 29.6 Å². The highest BCUT2D eigenvalue weighted by Gasteiger charge is 2.36. The lowest BCUT2D eigenvalue weighted by atomic mass is 9.94. The zero-order valence-electron chi connectivity index (χ0n) is 18.3. The summed E-state index contributed by atoms with van der Waals surface area (Å²) in [5.74, 6) is -2.29. The van der Waals surface area contributed by atoms with Gasteiger partial charge in [0.25, 0.3) is 0 Å². The Hall–Kier alpha value is -1.96. The summed E-state index contributed by atoms with van der Waals surface area (Å²) in [7, 11) is 0. The second-order valence-electron chi connectivity index (χ2n) is 7.19. The van der Waals surface area contributed by atoms with E-state index in [0.717, 1.165) is 5.56 Å². The third-order valence-electron chi connectivity index (χ3n) is 4.54. The Kier molecular flexibility index (Phi) is 11.6. The lowest BCUT2D eigenvalue weighted by molar-refractivity contribution is -0.0656. The fraction of sp³-hybridized carbons (Fsp3) is 0.682. The number of amides is 1. The summed E-state index contributed by atoms with van der Waals surface area (Å²) in [6.45, 7) is 9.02. The van der Waals surface area contributed by atoms with Gasteiger partial charge in [-0.3, -0.25) is 0 Å². The Labute approximate surface area is 177 Å². The first-order valence-electron chi connectivity index (χ1n) is 10.6. The SMILES string of the molecule is CC.CC(C)c1ccc(F)cc1OCCOCCNC(=O)OC1CCC(F)(F)CC1. The van der Waals surface area contributed by atoms with Gasteiger partial charge in [0.1, 0.15) is 24.3 Å². The minimum Gasteiger partial charge on any atom is -0.491 e. The molecule has 172 valence electrons. The summed E-state index contributed by atoms with van der Waals surface area (Å²) < 4.78 is 55.5. The molecule has 8 heteroatoms. The molecule has 1 fully saturated rings. The van der Waals surface area contributed by atoms with Gasteiger partial charge in [0.15, 0.2) is 0 Å². The van der Waals surface area contributed by atoms with E-state index in [4.69, 9.17) is 14.2 Å². The van der Waals surface area contributed by atoms with Gasteiger partial charge in [-0.05, 0) is 30.4 Å². The maximum Gasteiger partial charge on any atom is 0.407 e. The van der Waals surface area contributed by atoms with Crippen LogP contribution in [0.25, 0.3) is 0 Å².